The standard InChI is InChI=1S/C31H29ClN2O5/c1-22(39-28-15-13-27(14-16-28)37-20-23-6-4-3-5-7-23)31(35)34-33-19-25-10-17-29(30(18-25)36-2)38-21-24-8-11-26(32)12-9-24/h3-19,22H,20-21H2,1-2H3,(H,34,35)/b33-19-/t22-/m0/s1. The Hall–Kier alpha value is -4.49. The van der Waals surface area contributed by atoms with Gasteiger partial charge in [-0.25, -0.2) is 5.43 Å². The summed E-state index contributed by atoms with van der Waals surface area (Å²) < 4.78 is 22.8. The van der Waals surface area contributed by atoms with Crippen LogP contribution in [0.4, 0.5) is 0 Å². The lowest BCUT2D eigenvalue weighted by Gasteiger charge is -2.14. The van der Waals surface area contributed by atoms with Crippen LogP contribution in [0.2, 0.25) is 5.02 Å². The normalized spacial score (nSPS) is 11.6. The fourth-order valence-electron chi connectivity index (χ4n) is 3.50. The minimum atomic E-state index is -0.753. The van der Waals surface area contributed by atoms with Crippen LogP contribution in [-0.4, -0.2) is 25.3 Å². The maximum atomic E-state index is 12.5. The zero-order chi connectivity index (χ0) is 27.5. The van der Waals surface area contributed by atoms with Gasteiger partial charge in [0, 0.05) is 5.02 Å². The molecule has 4 rings (SSSR count). The molecular formula is C31H29ClN2O5. The van der Waals surface area contributed by atoms with E-state index in [0.717, 1.165) is 16.7 Å². The highest BCUT2D eigenvalue weighted by atomic mass is 35.5. The Kier molecular flexibility index (Phi) is 9.80. The number of ether oxygens (including phenoxy) is 4. The molecule has 0 saturated carbocycles. The van der Waals surface area contributed by atoms with Gasteiger partial charge < -0.3 is 18.9 Å². The van der Waals surface area contributed by atoms with Gasteiger partial charge in [-0.2, -0.15) is 5.10 Å². The Morgan fingerprint density at radius 1 is 0.846 bits per heavy atom. The average Bonchev–Trinajstić information content (AvgIpc) is 2.97. The Labute approximate surface area is 232 Å². The molecular weight excluding hydrogens is 516 g/mol. The van der Waals surface area contributed by atoms with E-state index in [1.54, 1.807) is 50.4 Å². The number of halogens is 1. The zero-order valence-corrected chi connectivity index (χ0v) is 22.4. The van der Waals surface area contributed by atoms with Gasteiger partial charge in [0.25, 0.3) is 5.91 Å². The van der Waals surface area contributed by atoms with Crippen LogP contribution in [-0.2, 0) is 18.0 Å². The van der Waals surface area contributed by atoms with E-state index in [2.05, 4.69) is 10.5 Å². The van der Waals surface area contributed by atoms with Gasteiger partial charge in [0.15, 0.2) is 17.6 Å². The van der Waals surface area contributed by atoms with E-state index in [0.29, 0.717) is 41.2 Å². The molecule has 7 nitrogen and oxygen atoms in total. The van der Waals surface area contributed by atoms with Crippen molar-refractivity contribution in [2.24, 2.45) is 5.10 Å². The van der Waals surface area contributed by atoms with Crippen LogP contribution in [0.1, 0.15) is 23.6 Å². The van der Waals surface area contributed by atoms with Crippen molar-refractivity contribution >= 4 is 23.7 Å². The molecule has 39 heavy (non-hydrogen) atoms. The first-order valence-corrected chi connectivity index (χ1v) is 12.7. The van der Waals surface area contributed by atoms with Crippen molar-refractivity contribution in [3.05, 3.63) is 119 Å². The number of hydrogen-bond donors (Lipinski definition) is 1. The summed E-state index contributed by atoms with van der Waals surface area (Å²) in [5.41, 5.74) is 5.30. The highest BCUT2D eigenvalue weighted by Gasteiger charge is 2.14. The van der Waals surface area contributed by atoms with E-state index >= 15 is 0 Å². The van der Waals surface area contributed by atoms with E-state index in [1.165, 1.54) is 6.21 Å². The van der Waals surface area contributed by atoms with Gasteiger partial charge in [-0.3, -0.25) is 4.79 Å². The number of carbonyl (C=O) groups is 1. The molecule has 0 radical (unpaired) electrons. The predicted molar refractivity (Wildman–Crippen MR) is 152 cm³/mol. The predicted octanol–water partition coefficient (Wildman–Crippen LogP) is 6.42. The third-order valence-electron chi connectivity index (χ3n) is 5.64. The number of rotatable bonds is 12. The first kappa shape index (κ1) is 27.5. The Morgan fingerprint density at radius 2 is 1.51 bits per heavy atom. The summed E-state index contributed by atoms with van der Waals surface area (Å²) in [4.78, 5) is 12.5. The fraction of sp³-hybridized carbons (Fsp3) is 0.161. The number of benzene rings is 4. The second-order valence-electron chi connectivity index (χ2n) is 8.57. The first-order valence-electron chi connectivity index (χ1n) is 12.3. The molecule has 0 saturated heterocycles. The van der Waals surface area contributed by atoms with E-state index in [4.69, 9.17) is 30.5 Å². The largest absolute Gasteiger partial charge is 0.493 e. The van der Waals surface area contributed by atoms with Crippen LogP contribution in [0, 0.1) is 0 Å². The van der Waals surface area contributed by atoms with Crippen molar-refractivity contribution in [3.8, 4) is 23.0 Å². The van der Waals surface area contributed by atoms with Crippen LogP contribution < -0.4 is 24.4 Å². The lowest BCUT2D eigenvalue weighted by molar-refractivity contribution is -0.127. The molecule has 1 amide bonds. The van der Waals surface area contributed by atoms with E-state index in [1.807, 2.05) is 60.7 Å². The van der Waals surface area contributed by atoms with Gasteiger partial charge >= 0.3 is 0 Å². The van der Waals surface area contributed by atoms with Crippen molar-refractivity contribution in [2.75, 3.05) is 7.11 Å². The summed E-state index contributed by atoms with van der Waals surface area (Å²) >= 11 is 5.93. The molecule has 0 aromatic heterocycles. The molecule has 0 bridgehead atoms. The summed E-state index contributed by atoms with van der Waals surface area (Å²) in [5.74, 6) is 2.02. The summed E-state index contributed by atoms with van der Waals surface area (Å²) in [6.45, 7) is 2.50. The summed E-state index contributed by atoms with van der Waals surface area (Å²) in [7, 11) is 1.56. The minimum absolute atomic E-state index is 0.373. The monoisotopic (exact) mass is 544 g/mol. The van der Waals surface area contributed by atoms with Crippen LogP contribution >= 0.6 is 11.6 Å². The van der Waals surface area contributed by atoms with E-state index in [9.17, 15) is 4.79 Å². The number of hydrazone groups is 1. The van der Waals surface area contributed by atoms with Crippen molar-refractivity contribution in [1.82, 2.24) is 5.43 Å². The van der Waals surface area contributed by atoms with Crippen LogP contribution in [0.25, 0.3) is 0 Å². The second-order valence-corrected chi connectivity index (χ2v) is 9.00. The van der Waals surface area contributed by atoms with Crippen molar-refractivity contribution in [3.63, 3.8) is 0 Å². The Bertz CT molecular complexity index is 1380. The molecule has 0 unspecified atom stereocenters. The number of nitrogens with zero attached hydrogens (tertiary/aromatic N) is 1. The number of carbonyl (C=O) groups excluding carboxylic acids is 1. The number of methoxy groups -OCH3 is 1. The molecule has 0 aliphatic carbocycles. The van der Waals surface area contributed by atoms with Crippen molar-refractivity contribution < 1.29 is 23.7 Å². The molecule has 0 fully saturated rings. The molecule has 1 N–H and O–H groups in total. The van der Waals surface area contributed by atoms with Crippen LogP contribution in [0.3, 0.4) is 0 Å². The van der Waals surface area contributed by atoms with Crippen LogP contribution in [0.15, 0.2) is 102 Å². The lowest BCUT2D eigenvalue weighted by atomic mass is 10.2. The Balaban J connectivity index is 1.24. The third kappa shape index (κ3) is 8.51. The molecule has 0 spiro atoms. The summed E-state index contributed by atoms with van der Waals surface area (Å²) in [5, 5.41) is 4.72. The first-order chi connectivity index (χ1) is 19.0. The van der Waals surface area contributed by atoms with Crippen molar-refractivity contribution in [2.45, 2.75) is 26.2 Å². The second kappa shape index (κ2) is 13.9. The van der Waals surface area contributed by atoms with Crippen LogP contribution in [0.5, 0.6) is 23.0 Å². The van der Waals surface area contributed by atoms with Gasteiger partial charge in [-0.1, -0.05) is 54.1 Å². The average molecular weight is 545 g/mol. The van der Waals surface area contributed by atoms with Crippen molar-refractivity contribution in [1.29, 1.82) is 0 Å². The SMILES string of the molecule is COc1cc(/C=N\NC(=O)[C@H](C)Oc2ccc(OCc3ccccc3)cc2)ccc1OCc1ccc(Cl)cc1. The zero-order valence-electron chi connectivity index (χ0n) is 21.7. The van der Waals surface area contributed by atoms with Gasteiger partial charge in [0.1, 0.15) is 24.7 Å². The molecule has 4 aromatic rings. The maximum Gasteiger partial charge on any atom is 0.280 e. The minimum Gasteiger partial charge on any atom is -0.493 e. The number of nitrogens with one attached hydrogen (secondary N) is 1. The summed E-state index contributed by atoms with van der Waals surface area (Å²) in [6.07, 6.45) is 0.769. The maximum absolute atomic E-state index is 12.5. The van der Waals surface area contributed by atoms with Gasteiger partial charge in [-0.15, -0.1) is 0 Å². The Morgan fingerprint density at radius 3 is 2.23 bits per heavy atom. The smallest absolute Gasteiger partial charge is 0.280 e. The van der Waals surface area contributed by atoms with Gasteiger partial charge in [0.05, 0.1) is 13.3 Å². The molecule has 0 aliphatic rings. The van der Waals surface area contributed by atoms with E-state index < -0.39 is 6.10 Å². The number of hydrogen-bond acceptors (Lipinski definition) is 6. The molecule has 0 aliphatic heterocycles. The topological polar surface area (TPSA) is 78.4 Å². The molecule has 0 heterocycles. The molecule has 1 atom stereocenters. The lowest BCUT2D eigenvalue weighted by Crippen LogP contribution is -2.33. The molecule has 4 aromatic carbocycles. The highest BCUT2D eigenvalue weighted by molar-refractivity contribution is 6.30. The van der Waals surface area contributed by atoms with E-state index in [-0.39, 0.29) is 5.91 Å². The number of amides is 1. The quantitative estimate of drug-likeness (QED) is 0.164. The van der Waals surface area contributed by atoms with Gasteiger partial charge in [0.2, 0.25) is 0 Å². The fourth-order valence-corrected chi connectivity index (χ4v) is 3.63. The van der Waals surface area contributed by atoms with Gasteiger partial charge in [-0.05, 0) is 78.2 Å². The third-order valence-corrected chi connectivity index (χ3v) is 5.89. The molecule has 200 valence electrons. The summed E-state index contributed by atoms with van der Waals surface area (Å²) in [6, 6.07) is 29.9. The molecule has 8 heteroatoms. The highest BCUT2D eigenvalue weighted by Crippen LogP contribution is 2.28.